The molecule has 1 amide bonds. The van der Waals surface area contributed by atoms with Crippen LogP contribution >= 0.6 is 24.0 Å². The monoisotopic (exact) mass is 276 g/mol. The molecule has 0 bridgehead atoms. The molecule has 0 heterocycles. The van der Waals surface area contributed by atoms with Gasteiger partial charge in [-0.1, -0.05) is 6.92 Å². The SMILES string of the molecule is CCSCCC(NC(C)=O)C(C)=NNC(N)=S. The lowest BCUT2D eigenvalue weighted by Gasteiger charge is -2.17. The van der Waals surface area contributed by atoms with Gasteiger partial charge in [0.25, 0.3) is 0 Å². The second kappa shape index (κ2) is 9.23. The van der Waals surface area contributed by atoms with E-state index < -0.39 is 0 Å². The van der Waals surface area contributed by atoms with E-state index in [2.05, 4.69) is 35.0 Å². The average molecular weight is 276 g/mol. The van der Waals surface area contributed by atoms with E-state index in [0.29, 0.717) is 0 Å². The van der Waals surface area contributed by atoms with Crippen molar-refractivity contribution in [3.8, 4) is 0 Å². The Kier molecular flexibility index (Phi) is 8.79. The van der Waals surface area contributed by atoms with Gasteiger partial charge in [-0.25, -0.2) is 0 Å². The molecule has 0 saturated carbocycles. The number of carbonyl (C=O) groups is 1. The first-order valence-electron chi connectivity index (χ1n) is 5.41. The summed E-state index contributed by atoms with van der Waals surface area (Å²) in [5, 5.41) is 7.01. The number of thioether (sulfide) groups is 1. The molecule has 0 radical (unpaired) electrons. The molecule has 1 unspecified atom stereocenters. The van der Waals surface area contributed by atoms with E-state index in [1.807, 2.05) is 18.7 Å². The zero-order valence-corrected chi connectivity index (χ0v) is 12.1. The van der Waals surface area contributed by atoms with Crippen LogP contribution in [0.25, 0.3) is 0 Å². The van der Waals surface area contributed by atoms with Crippen molar-refractivity contribution in [2.45, 2.75) is 33.2 Å². The number of amides is 1. The van der Waals surface area contributed by atoms with Crippen LogP contribution in [0, 0.1) is 0 Å². The van der Waals surface area contributed by atoms with E-state index in [9.17, 15) is 4.79 Å². The van der Waals surface area contributed by atoms with Gasteiger partial charge < -0.3 is 11.1 Å². The summed E-state index contributed by atoms with van der Waals surface area (Å²) in [5.74, 6) is 1.97. The molecule has 0 fully saturated rings. The quantitative estimate of drug-likeness (QED) is 0.278. The fraction of sp³-hybridized carbons (Fsp3) is 0.700. The lowest BCUT2D eigenvalue weighted by molar-refractivity contribution is -0.119. The zero-order chi connectivity index (χ0) is 13.3. The third-order valence-corrected chi connectivity index (χ3v) is 3.00. The predicted molar refractivity (Wildman–Crippen MR) is 78.3 cm³/mol. The second-order valence-electron chi connectivity index (χ2n) is 3.47. The Labute approximate surface area is 112 Å². The van der Waals surface area contributed by atoms with Crippen LogP contribution in [0.15, 0.2) is 5.10 Å². The summed E-state index contributed by atoms with van der Waals surface area (Å²) in [7, 11) is 0. The number of hydrazone groups is 1. The minimum absolute atomic E-state index is 0.0682. The third kappa shape index (κ3) is 8.93. The highest BCUT2D eigenvalue weighted by Gasteiger charge is 2.13. The van der Waals surface area contributed by atoms with E-state index in [1.54, 1.807) is 0 Å². The Bertz CT molecular complexity index is 294. The molecule has 4 N–H and O–H groups in total. The van der Waals surface area contributed by atoms with Crippen LogP contribution in [0.1, 0.15) is 27.2 Å². The highest BCUT2D eigenvalue weighted by molar-refractivity contribution is 7.99. The summed E-state index contributed by atoms with van der Waals surface area (Å²) in [5.41, 5.74) is 8.58. The van der Waals surface area contributed by atoms with Crippen LogP contribution in [0.5, 0.6) is 0 Å². The van der Waals surface area contributed by atoms with Crippen LogP contribution in [-0.2, 0) is 4.79 Å². The molecule has 0 spiro atoms. The number of nitrogens with zero attached hydrogens (tertiary/aromatic N) is 1. The van der Waals surface area contributed by atoms with Gasteiger partial charge in [-0.2, -0.15) is 16.9 Å². The van der Waals surface area contributed by atoms with Gasteiger partial charge in [0.05, 0.1) is 11.8 Å². The van der Waals surface area contributed by atoms with E-state index >= 15 is 0 Å². The highest BCUT2D eigenvalue weighted by Crippen LogP contribution is 2.05. The minimum atomic E-state index is -0.0756. The van der Waals surface area contributed by atoms with Crippen molar-refractivity contribution in [1.29, 1.82) is 0 Å². The first-order valence-corrected chi connectivity index (χ1v) is 6.98. The normalized spacial score (nSPS) is 13.0. The molecule has 5 nitrogen and oxygen atoms in total. The molecule has 0 aromatic heterocycles. The molecule has 98 valence electrons. The van der Waals surface area contributed by atoms with Gasteiger partial charge in [0.1, 0.15) is 0 Å². The molecule has 17 heavy (non-hydrogen) atoms. The molecular formula is C10H20N4OS2. The van der Waals surface area contributed by atoms with Crippen LogP contribution in [-0.4, -0.2) is 34.3 Å². The third-order valence-electron chi connectivity index (χ3n) is 1.98. The smallest absolute Gasteiger partial charge is 0.217 e. The maximum atomic E-state index is 11.1. The standard InChI is InChI=1S/C10H20N4OS2/c1-4-17-6-5-9(12-8(3)15)7(2)13-14-10(11)16/h9H,4-6H2,1-3H3,(H,12,15)(H3,11,14,16). The number of rotatable bonds is 7. The summed E-state index contributed by atoms with van der Waals surface area (Å²) in [6.07, 6.45) is 0.840. The Morgan fingerprint density at radius 3 is 2.65 bits per heavy atom. The summed E-state index contributed by atoms with van der Waals surface area (Å²) < 4.78 is 0. The van der Waals surface area contributed by atoms with Gasteiger partial charge in [0.2, 0.25) is 5.91 Å². The fourth-order valence-corrected chi connectivity index (χ4v) is 1.93. The lowest BCUT2D eigenvalue weighted by atomic mass is 10.1. The lowest BCUT2D eigenvalue weighted by Crippen LogP contribution is -2.40. The predicted octanol–water partition coefficient (Wildman–Crippen LogP) is 0.843. The summed E-state index contributed by atoms with van der Waals surface area (Å²) in [6.45, 7) is 5.43. The average Bonchev–Trinajstić information content (AvgIpc) is 2.24. The van der Waals surface area contributed by atoms with Gasteiger partial charge >= 0.3 is 0 Å². The summed E-state index contributed by atoms with van der Waals surface area (Å²) >= 11 is 6.49. The molecule has 0 aromatic rings. The molecule has 0 aromatic carbocycles. The molecule has 1 atom stereocenters. The van der Waals surface area contributed by atoms with Crippen LogP contribution in [0.3, 0.4) is 0 Å². The summed E-state index contributed by atoms with van der Waals surface area (Å²) in [6, 6.07) is -0.0756. The van der Waals surface area contributed by atoms with Crippen LogP contribution in [0.2, 0.25) is 0 Å². The van der Waals surface area contributed by atoms with Crippen molar-refractivity contribution in [3.05, 3.63) is 0 Å². The molecule has 7 heteroatoms. The maximum Gasteiger partial charge on any atom is 0.217 e. The number of hydrogen-bond acceptors (Lipinski definition) is 4. The molecule has 0 rings (SSSR count). The number of hydrogen-bond donors (Lipinski definition) is 3. The molecule has 0 aliphatic heterocycles. The van der Waals surface area contributed by atoms with Gasteiger partial charge in [-0.3, -0.25) is 10.2 Å². The topological polar surface area (TPSA) is 79.5 Å². The number of nitrogens with two attached hydrogens (primary N) is 1. The Morgan fingerprint density at radius 1 is 1.53 bits per heavy atom. The van der Waals surface area contributed by atoms with Crippen molar-refractivity contribution in [2.75, 3.05) is 11.5 Å². The fourth-order valence-electron chi connectivity index (χ4n) is 1.20. The first-order chi connectivity index (χ1) is 7.97. The van der Waals surface area contributed by atoms with Crippen molar-refractivity contribution in [3.63, 3.8) is 0 Å². The Morgan fingerprint density at radius 2 is 2.18 bits per heavy atom. The van der Waals surface area contributed by atoms with Gasteiger partial charge in [-0.05, 0) is 37.1 Å². The van der Waals surface area contributed by atoms with Crippen molar-refractivity contribution in [1.82, 2.24) is 10.7 Å². The van der Waals surface area contributed by atoms with Crippen molar-refractivity contribution in [2.24, 2.45) is 10.8 Å². The number of nitrogens with one attached hydrogen (secondary N) is 2. The molecular weight excluding hydrogens is 256 g/mol. The number of carbonyl (C=O) groups excluding carboxylic acids is 1. The van der Waals surface area contributed by atoms with Gasteiger partial charge in [0, 0.05) is 6.92 Å². The minimum Gasteiger partial charge on any atom is -0.375 e. The van der Waals surface area contributed by atoms with Gasteiger partial charge in [-0.15, -0.1) is 0 Å². The van der Waals surface area contributed by atoms with E-state index in [-0.39, 0.29) is 17.1 Å². The van der Waals surface area contributed by atoms with Gasteiger partial charge in [0.15, 0.2) is 5.11 Å². The van der Waals surface area contributed by atoms with Crippen molar-refractivity contribution < 1.29 is 4.79 Å². The molecule has 0 aliphatic carbocycles. The molecule has 0 aliphatic rings. The molecule has 0 saturated heterocycles. The number of thiocarbonyl (C=S) groups is 1. The second-order valence-corrected chi connectivity index (χ2v) is 5.30. The van der Waals surface area contributed by atoms with E-state index in [0.717, 1.165) is 23.6 Å². The highest BCUT2D eigenvalue weighted by atomic mass is 32.2. The zero-order valence-electron chi connectivity index (χ0n) is 10.4. The largest absolute Gasteiger partial charge is 0.375 e. The van der Waals surface area contributed by atoms with E-state index in [1.165, 1.54) is 6.92 Å². The Hall–Kier alpha value is -0.820. The Balaban J connectivity index is 4.37. The first kappa shape index (κ1) is 16.2. The van der Waals surface area contributed by atoms with E-state index in [4.69, 9.17) is 5.73 Å². The van der Waals surface area contributed by atoms with Crippen molar-refractivity contribution >= 4 is 40.7 Å². The maximum absolute atomic E-state index is 11.1. The summed E-state index contributed by atoms with van der Waals surface area (Å²) in [4.78, 5) is 11.1. The van der Waals surface area contributed by atoms with Crippen LogP contribution in [0.4, 0.5) is 0 Å². The van der Waals surface area contributed by atoms with Crippen LogP contribution < -0.4 is 16.5 Å².